The standard InChI is InChI=1S/C26H29FN2O6S/c1-18(2)35-22-11-5-19(6-12-22)16-28-26(30)17-29(21-9-7-20(27)8-10-21)36(31,32)23-13-14-24(33-3)25(15-23)34-4/h5-15,18H,16-17H2,1-4H3,(H,28,30). The van der Waals surface area contributed by atoms with E-state index < -0.39 is 28.3 Å². The van der Waals surface area contributed by atoms with E-state index in [-0.39, 0.29) is 29.0 Å². The van der Waals surface area contributed by atoms with Crippen molar-refractivity contribution in [3.05, 3.63) is 78.1 Å². The zero-order valence-corrected chi connectivity index (χ0v) is 21.3. The van der Waals surface area contributed by atoms with E-state index in [0.717, 1.165) is 22.0 Å². The number of sulfonamides is 1. The fourth-order valence-electron chi connectivity index (χ4n) is 3.37. The molecule has 0 aliphatic carbocycles. The summed E-state index contributed by atoms with van der Waals surface area (Å²) in [6.07, 6.45) is 0.0422. The van der Waals surface area contributed by atoms with Gasteiger partial charge in [-0.25, -0.2) is 12.8 Å². The molecule has 0 bridgehead atoms. The van der Waals surface area contributed by atoms with Crippen molar-refractivity contribution in [2.45, 2.75) is 31.4 Å². The van der Waals surface area contributed by atoms with Crippen LogP contribution in [0.15, 0.2) is 71.6 Å². The molecule has 3 aromatic carbocycles. The van der Waals surface area contributed by atoms with Gasteiger partial charge in [0, 0.05) is 12.6 Å². The van der Waals surface area contributed by atoms with E-state index in [1.807, 2.05) is 26.0 Å². The van der Waals surface area contributed by atoms with Gasteiger partial charge in [0.25, 0.3) is 10.0 Å². The summed E-state index contributed by atoms with van der Waals surface area (Å²) in [5.41, 5.74) is 0.951. The van der Waals surface area contributed by atoms with E-state index in [4.69, 9.17) is 14.2 Å². The average molecular weight is 517 g/mol. The molecule has 0 aromatic heterocycles. The van der Waals surface area contributed by atoms with Crippen molar-refractivity contribution >= 4 is 21.6 Å². The fourth-order valence-corrected chi connectivity index (χ4v) is 4.81. The molecule has 0 heterocycles. The molecular formula is C26H29FN2O6S. The second-order valence-corrected chi connectivity index (χ2v) is 9.95. The van der Waals surface area contributed by atoms with Gasteiger partial charge < -0.3 is 19.5 Å². The first-order valence-corrected chi connectivity index (χ1v) is 12.6. The predicted octanol–water partition coefficient (Wildman–Crippen LogP) is 4.14. The molecule has 8 nitrogen and oxygen atoms in total. The van der Waals surface area contributed by atoms with Crippen molar-refractivity contribution < 1.29 is 31.8 Å². The molecule has 1 N–H and O–H groups in total. The van der Waals surface area contributed by atoms with Gasteiger partial charge in [-0.1, -0.05) is 12.1 Å². The number of amides is 1. The number of halogens is 1. The highest BCUT2D eigenvalue weighted by Gasteiger charge is 2.28. The Kier molecular flexibility index (Phi) is 8.76. The number of ether oxygens (including phenoxy) is 3. The van der Waals surface area contributed by atoms with Gasteiger partial charge in [0.1, 0.15) is 18.1 Å². The Balaban J connectivity index is 1.82. The Morgan fingerprint density at radius 3 is 2.17 bits per heavy atom. The molecule has 0 radical (unpaired) electrons. The summed E-state index contributed by atoms with van der Waals surface area (Å²) in [7, 11) is -1.40. The molecule has 0 atom stereocenters. The van der Waals surface area contributed by atoms with Crippen LogP contribution >= 0.6 is 0 Å². The smallest absolute Gasteiger partial charge is 0.264 e. The van der Waals surface area contributed by atoms with Gasteiger partial charge in [-0.3, -0.25) is 9.10 Å². The quantitative estimate of drug-likeness (QED) is 0.412. The number of carbonyl (C=O) groups is 1. The number of anilines is 1. The minimum atomic E-state index is -4.22. The molecule has 1 amide bonds. The number of hydrogen-bond acceptors (Lipinski definition) is 6. The third-order valence-corrected chi connectivity index (χ3v) is 6.90. The van der Waals surface area contributed by atoms with Crippen LogP contribution in [0.5, 0.6) is 17.2 Å². The van der Waals surface area contributed by atoms with Crippen LogP contribution in [-0.4, -0.2) is 41.2 Å². The van der Waals surface area contributed by atoms with Gasteiger partial charge in [0.2, 0.25) is 5.91 Å². The maximum absolute atomic E-state index is 13.6. The largest absolute Gasteiger partial charge is 0.493 e. The van der Waals surface area contributed by atoms with E-state index in [0.29, 0.717) is 11.5 Å². The monoisotopic (exact) mass is 516 g/mol. The number of nitrogens with one attached hydrogen (secondary N) is 1. The van der Waals surface area contributed by atoms with Gasteiger partial charge in [0.15, 0.2) is 11.5 Å². The van der Waals surface area contributed by atoms with E-state index in [9.17, 15) is 17.6 Å². The molecule has 0 fully saturated rings. The zero-order valence-electron chi connectivity index (χ0n) is 20.5. The Hall–Kier alpha value is -3.79. The lowest BCUT2D eigenvalue weighted by Crippen LogP contribution is -2.40. The van der Waals surface area contributed by atoms with Crippen LogP contribution in [0.1, 0.15) is 19.4 Å². The van der Waals surface area contributed by atoms with Crippen LogP contribution in [-0.2, 0) is 21.4 Å². The number of hydrogen-bond donors (Lipinski definition) is 1. The summed E-state index contributed by atoms with van der Waals surface area (Å²) < 4.78 is 57.6. The van der Waals surface area contributed by atoms with E-state index in [2.05, 4.69) is 5.32 Å². The molecule has 3 aromatic rings. The SMILES string of the molecule is COc1ccc(S(=O)(=O)N(CC(=O)NCc2ccc(OC(C)C)cc2)c2ccc(F)cc2)cc1OC. The minimum Gasteiger partial charge on any atom is -0.493 e. The van der Waals surface area contributed by atoms with Crippen LogP contribution in [0.25, 0.3) is 0 Å². The van der Waals surface area contributed by atoms with Gasteiger partial charge in [0.05, 0.1) is 30.9 Å². The Bertz CT molecular complexity index is 1280. The average Bonchev–Trinajstić information content (AvgIpc) is 2.86. The predicted molar refractivity (Wildman–Crippen MR) is 135 cm³/mol. The third kappa shape index (κ3) is 6.66. The number of carbonyl (C=O) groups excluding carboxylic acids is 1. The second kappa shape index (κ2) is 11.8. The normalized spacial score (nSPS) is 11.2. The summed E-state index contributed by atoms with van der Waals surface area (Å²) >= 11 is 0. The van der Waals surface area contributed by atoms with E-state index >= 15 is 0 Å². The Morgan fingerprint density at radius 1 is 0.944 bits per heavy atom. The summed E-state index contributed by atoms with van der Waals surface area (Å²) in [6.45, 7) is 3.53. The van der Waals surface area contributed by atoms with Crippen LogP contribution < -0.4 is 23.8 Å². The zero-order chi connectivity index (χ0) is 26.3. The molecular weight excluding hydrogens is 487 g/mol. The summed E-state index contributed by atoms with van der Waals surface area (Å²) in [6, 6.07) is 16.2. The van der Waals surface area contributed by atoms with Gasteiger partial charge in [-0.2, -0.15) is 0 Å². The first-order chi connectivity index (χ1) is 17.1. The number of methoxy groups -OCH3 is 2. The number of benzene rings is 3. The second-order valence-electron chi connectivity index (χ2n) is 8.09. The molecule has 36 heavy (non-hydrogen) atoms. The Morgan fingerprint density at radius 2 is 1.58 bits per heavy atom. The highest BCUT2D eigenvalue weighted by Crippen LogP contribution is 2.32. The summed E-state index contributed by atoms with van der Waals surface area (Å²) in [5.74, 6) is 0.213. The lowest BCUT2D eigenvalue weighted by molar-refractivity contribution is -0.119. The first-order valence-electron chi connectivity index (χ1n) is 11.2. The first kappa shape index (κ1) is 26.8. The number of rotatable bonds is 11. The maximum atomic E-state index is 13.6. The topological polar surface area (TPSA) is 94.2 Å². The summed E-state index contributed by atoms with van der Waals surface area (Å²) in [5, 5.41) is 2.73. The van der Waals surface area contributed by atoms with Crippen molar-refractivity contribution in [2.75, 3.05) is 25.1 Å². The molecule has 0 unspecified atom stereocenters. The molecule has 3 rings (SSSR count). The molecule has 0 aliphatic rings. The lowest BCUT2D eigenvalue weighted by atomic mass is 10.2. The van der Waals surface area contributed by atoms with Crippen molar-refractivity contribution in [1.82, 2.24) is 5.32 Å². The van der Waals surface area contributed by atoms with E-state index in [1.165, 1.54) is 44.6 Å². The molecule has 0 spiro atoms. The molecule has 192 valence electrons. The number of nitrogens with zero attached hydrogens (tertiary/aromatic N) is 1. The molecule has 10 heteroatoms. The van der Waals surface area contributed by atoms with Crippen LogP contribution in [0.3, 0.4) is 0 Å². The van der Waals surface area contributed by atoms with E-state index in [1.54, 1.807) is 12.1 Å². The van der Waals surface area contributed by atoms with Gasteiger partial charge >= 0.3 is 0 Å². The fraction of sp³-hybridized carbons (Fsp3) is 0.269. The lowest BCUT2D eigenvalue weighted by Gasteiger charge is -2.24. The molecule has 0 saturated carbocycles. The van der Waals surface area contributed by atoms with Crippen LogP contribution in [0, 0.1) is 5.82 Å². The van der Waals surface area contributed by atoms with Gasteiger partial charge in [-0.05, 0) is 67.9 Å². The van der Waals surface area contributed by atoms with Crippen molar-refractivity contribution in [3.63, 3.8) is 0 Å². The van der Waals surface area contributed by atoms with Crippen LogP contribution in [0.2, 0.25) is 0 Å². The summed E-state index contributed by atoms with van der Waals surface area (Å²) in [4.78, 5) is 12.7. The minimum absolute atomic E-state index is 0.0422. The highest BCUT2D eigenvalue weighted by molar-refractivity contribution is 7.92. The Labute approximate surface area is 210 Å². The third-order valence-electron chi connectivity index (χ3n) is 5.13. The van der Waals surface area contributed by atoms with Crippen molar-refractivity contribution in [1.29, 1.82) is 0 Å². The van der Waals surface area contributed by atoms with Crippen molar-refractivity contribution in [3.8, 4) is 17.2 Å². The van der Waals surface area contributed by atoms with Gasteiger partial charge in [-0.15, -0.1) is 0 Å². The van der Waals surface area contributed by atoms with Crippen LogP contribution in [0.4, 0.5) is 10.1 Å². The maximum Gasteiger partial charge on any atom is 0.264 e. The molecule has 0 saturated heterocycles. The molecule has 0 aliphatic heterocycles. The van der Waals surface area contributed by atoms with Crippen molar-refractivity contribution in [2.24, 2.45) is 0 Å². The highest BCUT2D eigenvalue weighted by atomic mass is 32.2.